The van der Waals surface area contributed by atoms with Crippen molar-refractivity contribution in [3.63, 3.8) is 0 Å². The minimum Gasteiger partial charge on any atom is -0.338 e. The summed E-state index contributed by atoms with van der Waals surface area (Å²) in [5.74, 6) is 0.447. The highest BCUT2D eigenvalue weighted by Crippen LogP contribution is 2.17. The van der Waals surface area contributed by atoms with Crippen LogP contribution >= 0.6 is 0 Å². The Morgan fingerprint density at radius 3 is 2.80 bits per heavy atom. The van der Waals surface area contributed by atoms with Gasteiger partial charge in [0.15, 0.2) is 0 Å². The number of piperidine rings is 1. The Balaban J connectivity index is 1.96. The van der Waals surface area contributed by atoms with Gasteiger partial charge in [0.25, 0.3) is 11.5 Å². The fraction of sp³-hybridized carbons (Fsp3) is 0.400. The van der Waals surface area contributed by atoms with Gasteiger partial charge in [-0.05, 0) is 30.9 Å². The first-order valence-corrected chi connectivity index (χ1v) is 6.92. The first-order valence-electron chi connectivity index (χ1n) is 6.92. The van der Waals surface area contributed by atoms with Crippen LogP contribution in [0.3, 0.4) is 0 Å². The molecule has 0 radical (unpaired) electrons. The summed E-state index contributed by atoms with van der Waals surface area (Å²) in [5.41, 5.74) is 0.420. The third-order valence-electron chi connectivity index (χ3n) is 3.91. The quantitative estimate of drug-likeness (QED) is 0.791. The Morgan fingerprint density at radius 2 is 2.05 bits per heavy atom. The summed E-state index contributed by atoms with van der Waals surface area (Å²) in [4.78, 5) is 30.7. The maximum absolute atomic E-state index is 12.4. The molecule has 0 atom stereocenters. The van der Waals surface area contributed by atoms with E-state index in [2.05, 4.69) is 11.9 Å². The molecule has 20 heavy (non-hydrogen) atoms. The van der Waals surface area contributed by atoms with Crippen molar-refractivity contribution in [1.29, 1.82) is 0 Å². The molecule has 0 spiro atoms. The molecule has 0 aromatic carbocycles. The van der Waals surface area contributed by atoms with E-state index in [-0.39, 0.29) is 17.0 Å². The van der Waals surface area contributed by atoms with Gasteiger partial charge in [0, 0.05) is 25.5 Å². The number of fused-ring (bicyclic) bond motifs is 1. The van der Waals surface area contributed by atoms with Gasteiger partial charge in [0.05, 0.1) is 0 Å². The molecule has 0 saturated carbocycles. The van der Waals surface area contributed by atoms with Crippen molar-refractivity contribution in [2.75, 3.05) is 13.1 Å². The fourth-order valence-corrected chi connectivity index (χ4v) is 2.56. The second kappa shape index (κ2) is 5.07. The molecular formula is C15H17N3O2. The number of rotatable bonds is 1. The summed E-state index contributed by atoms with van der Waals surface area (Å²) in [6.07, 6.45) is 5.03. The topological polar surface area (TPSA) is 54.7 Å². The van der Waals surface area contributed by atoms with E-state index in [0.717, 1.165) is 25.9 Å². The van der Waals surface area contributed by atoms with E-state index in [0.29, 0.717) is 11.6 Å². The van der Waals surface area contributed by atoms with Gasteiger partial charge < -0.3 is 4.90 Å². The summed E-state index contributed by atoms with van der Waals surface area (Å²) < 4.78 is 1.42. The Hall–Kier alpha value is -2.17. The van der Waals surface area contributed by atoms with Crippen molar-refractivity contribution in [1.82, 2.24) is 14.3 Å². The lowest BCUT2D eigenvalue weighted by atomic mass is 9.99. The van der Waals surface area contributed by atoms with Crippen molar-refractivity contribution < 1.29 is 4.79 Å². The smallest absolute Gasteiger partial charge is 0.270 e. The molecule has 1 saturated heterocycles. The SMILES string of the molecule is CC1CCN(C(=O)c2cnc3ccccn3c2=O)CC1. The Labute approximate surface area is 116 Å². The zero-order valence-electron chi connectivity index (χ0n) is 11.5. The molecule has 0 bridgehead atoms. The van der Waals surface area contributed by atoms with Crippen LogP contribution in [0, 0.1) is 5.92 Å². The van der Waals surface area contributed by atoms with Gasteiger partial charge >= 0.3 is 0 Å². The van der Waals surface area contributed by atoms with Crippen molar-refractivity contribution in [2.24, 2.45) is 5.92 Å². The summed E-state index contributed by atoms with van der Waals surface area (Å²) in [5, 5.41) is 0. The Kier molecular flexibility index (Phi) is 3.26. The van der Waals surface area contributed by atoms with Crippen molar-refractivity contribution in [3.8, 4) is 0 Å². The second-order valence-electron chi connectivity index (χ2n) is 5.38. The first kappa shape index (κ1) is 12.8. The number of likely N-dealkylation sites (tertiary alicyclic amines) is 1. The van der Waals surface area contributed by atoms with E-state index in [1.807, 2.05) is 6.07 Å². The van der Waals surface area contributed by atoms with Crippen LogP contribution in [0.4, 0.5) is 0 Å². The molecule has 0 unspecified atom stereocenters. The van der Waals surface area contributed by atoms with Crippen molar-refractivity contribution in [2.45, 2.75) is 19.8 Å². The molecule has 1 fully saturated rings. The van der Waals surface area contributed by atoms with E-state index >= 15 is 0 Å². The molecule has 0 aliphatic carbocycles. The van der Waals surface area contributed by atoms with Crippen LogP contribution in [0.1, 0.15) is 30.1 Å². The van der Waals surface area contributed by atoms with Crippen LogP contribution in [0.25, 0.3) is 5.65 Å². The van der Waals surface area contributed by atoms with Crippen LogP contribution in [0.5, 0.6) is 0 Å². The highest BCUT2D eigenvalue weighted by Gasteiger charge is 2.24. The van der Waals surface area contributed by atoms with Gasteiger partial charge in [-0.1, -0.05) is 13.0 Å². The number of pyridine rings is 1. The summed E-state index contributed by atoms with van der Waals surface area (Å²) in [7, 11) is 0. The van der Waals surface area contributed by atoms with E-state index in [1.165, 1.54) is 10.6 Å². The predicted octanol–water partition coefficient (Wildman–Crippen LogP) is 1.57. The number of hydrogen-bond acceptors (Lipinski definition) is 3. The van der Waals surface area contributed by atoms with E-state index < -0.39 is 0 Å². The highest BCUT2D eigenvalue weighted by atomic mass is 16.2. The first-order chi connectivity index (χ1) is 9.66. The van der Waals surface area contributed by atoms with Gasteiger partial charge in [0.1, 0.15) is 11.2 Å². The maximum Gasteiger partial charge on any atom is 0.270 e. The van der Waals surface area contributed by atoms with Gasteiger partial charge in [-0.2, -0.15) is 0 Å². The third kappa shape index (κ3) is 2.19. The molecule has 3 rings (SSSR count). The van der Waals surface area contributed by atoms with Gasteiger partial charge in [-0.3, -0.25) is 14.0 Å². The minimum absolute atomic E-state index is 0.156. The van der Waals surface area contributed by atoms with Crippen LogP contribution in [0.15, 0.2) is 35.4 Å². The van der Waals surface area contributed by atoms with Gasteiger partial charge in [-0.25, -0.2) is 4.98 Å². The number of hydrogen-bond donors (Lipinski definition) is 0. The summed E-state index contributed by atoms with van der Waals surface area (Å²) in [6, 6.07) is 5.32. The molecule has 1 aliphatic heterocycles. The largest absolute Gasteiger partial charge is 0.338 e. The number of carbonyl (C=O) groups excluding carboxylic acids is 1. The molecule has 5 heteroatoms. The van der Waals surface area contributed by atoms with Crippen LogP contribution in [0.2, 0.25) is 0 Å². The molecule has 2 aromatic heterocycles. The van der Waals surface area contributed by atoms with E-state index in [1.54, 1.807) is 23.2 Å². The normalized spacial score (nSPS) is 16.6. The van der Waals surface area contributed by atoms with E-state index in [4.69, 9.17) is 0 Å². The molecule has 3 heterocycles. The lowest BCUT2D eigenvalue weighted by Gasteiger charge is -2.30. The third-order valence-corrected chi connectivity index (χ3v) is 3.91. The summed E-state index contributed by atoms with van der Waals surface area (Å²) in [6.45, 7) is 3.63. The molecule has 0 N–H and O–H groups in total. The standard InChI is InChI=1S/C15H17N3O2/c1-11-5-8-17(9-6-11)14(19)12-10-16-13-4-2-3-7-18(13)15(12)20/h2-4,7,10-11H,5-6,8-9H2,1H3. The van der Waals surface area contributed by atoms with Crippen molar-refractivity contribution >= 4 is 11.6 Å². The molecule has 2 aromatic rings. The molecule has 1 aliphatic rings. The molecule has 1 amide bonds. The van der Waals surface area contributed by atoms with Gasteiger partial charge in [0.2, 0.25) is 0 Å². The fourth-order valence-electron chi connectivity index (χ4n) is 2.56. The lowest BCUT2D eigenvalue weighted by Crippen LogP contribution is -2.40. The molecule has 104 valence electrons. The second-order valence-corrected chi connectivity index (χ2v) is 5.38. The monoisotopic (exact) mass is 271 g/mol. The number of nitrogens with zero attached hydrogens (tertiary/aromatic N) is 3. The lowest BCUT2D eigenvalue weighted by molar-refractivity contribution is 0.0695. The van der Waals surface area contributed by atoms with Crippen LogP contribution in [-0.2, 0) is 0 Å². The summed E-state index contributed by atoms with van der Waals surface area (Å²) >= 11 is 0. The predicted molar refractivity (Wildman–Crippen MR) is 75.8 cm³/mol. The average molecular weight is 271 g/mol. The number of aromatic nitrogens is 2. The zero-order valence-corrected chi connectivity index (χ0v) is 11.5. The Morgan fingerprint density at radius 1 is 1.30 bits per heavy atom. The number of carbonyl (C=O) groups is 1. The average Bonchev–Trinajstić information content (AvgIpc) is 2.48. The number of amides is 1. The van der Waals surface area contributed by atoms with E-state index in [9.17, 15) is 9.59 Å². The minimum atomic E-state index is -0.292. The maximum atomic E-state index is 12.4. The highest BCUT2D eigenvalue weighted by molar-refractivity contribution is 5.93. The zero-order chi connectivity index (χ0) is 14.1. The molecular weight excluding hydrogens is 254 g/mol. The van der Waals surface area contributed by atoms with Crippen molar-refractivity contribution in [3.05, 3.63) is 46.5 Å². The van der Waals surface area contributed by atoms with Crippen LogP contribution < -0.4 is 5.56 Å². The van der Waals surface area contributed by atoms with Gasteiger partial charge in [-0.15, -0.1) is 0 Å². The van der Waals surface area contributed by atoms with Crippen LogP contribution in [-0.4, -0.2) is 33.3 Å². The molecule has 5 nitrogen and oxygen atoms in total. The Bertz CT molecular complexity index is 700.